The Bertz CT molecular complexity index is 701. The number of aliphatic carboxylic acids is 1. The lowest BCUT2D eigenvalue weighted by molar-refractivity contribution is -0.138. The van der Waals surface area contributed by atoms with Crippen molar-refractivity contribution in [1.29, 1.82) is 0 Å². The second-order valence-electron chi connectivity index (χ2n) is 4.73. The Kier molecular flexibility index (Phi) is 5.16. The summed E-state index contributed by atoms with van der Waals surface area (Å²) in [6, 6.07) is 9.61. The third-order valence-corrected chi connectivity index (χ3v) is 3.94. The standard InChI is InChI=1S/C16H14Cl2O4/c1-22-14-4-2-3-9(15(14)19)7-12(16(20)21)11-8-10(17)5-6-13(11)18/h2-6,8,12,19H,7H2,1H3,(H,20,21). The number of carbonyl (C=O) groups is 1. The molecule has 0 aliphatic carbocycles. The lowest BCUT2D eigenvalue weighted by atomic mass is 9.91. The molecule has 116 valence electrons. The van der Waals surface area contributed by atoms with E-state index in [0.717, 1.165) is 0 Å². The molecule has 2 rings (SSSR count). The fourth-order valence-electron chi connectivity index (χ4n) is 2.23. The SMILES string of the molecule is COc1cccc(CC(C(=O)O)c2cc(Cl)ccc2Cl)c1O. The Morgan fingerprint density at radius 1 is 1.27 bits per heavy atom. The molecule has 0 aliphatic rings. The monoisotopic (exact) mass is 340 g/mol. The third kappa shape index (κ3) is 3.46. The zero-order valence-electron chi connectivity index (χ0n) is 11.7. The van der Waals surface area contributed by atoms with Gasteiger partial charge in [-0.2, -0.15) is 0 Å². The maximum Gasteiger partial charge on any atom is 0.311 e. The van der Waals surface area contributed by atoms with Crippen LogP contribution in [0.15, 0.2) is 36.4 Å². The number of carboxylic acids is 1. The highest BCUT2D eigenvalue weighted by molar-refractivity contribution is 6.33. The van der Waals surface area contributed by atoms with Crippen molar-refractivity contribution in [3.05, 3.63) is 57.6 Å². The molecule has 0 amide bonds. The van der Waals surface area contributed by atoms with Gasteiger partial charge in [0.05, 0.1) is 13.0 Å². The summed E-state index contributed by atoms with van der Waals surface area (Å²) in [4.78, 5) is 11.6. The summed E-state index contributed by atoms with van der Waals surface area (Å²) in [5, 5.41) is 20.3. The number of rotatable bonds is 5. The van der Waals surface area contributed by atoms with Crippen LogP contribution in [-0.4, -0.2) is 23.3 Å². The van der Waals surface area contributed by atoms with E-state index in [2.05, 4.69) is 0 Å². The zero-order chi connectivity index (χ0) is 16.3. The van der Waals surface area contributed by atoms with Gasteiger partial charge in [0.15, 0.2) is 11.5 Å². The first-order chi connectivity index (χ1) is 10.4. The van der Waals surface area contributed by atoms with Gasteiger partial charge in [-0.15, -0.1) is 0 Å². The second-order valence-corrected chi connectivity index (χ2v) is 5.57. The first-order valence-electron chi connectivity index (χ1n) is 6.46. The molecule has 0 fully saturated rings. The number of carboxylic acid groups (broad SMARTS) is 1. The lowest BCUT2D eigenvalue weighted by Crippen LogP contribution is -2.15. The van der Waals surface area contributed by atoms with E-state index in [1.54, 1.807) is 30.3 Å². The number of phenols is 1. The predicted octanol–water partition coefficient (Wildman–Crippen LogP) is 4.12. The number of phenolic OH excluding ortho intramolecular Hbond substituents is 1. The van der Waals surface area contributed by atoms with Crippen molar-refractivity contribution in [1.82, 2.24) is 0 Å². The number of aromatic hydroxyl groups is 1. The van der Waals surface area contributed by atoms with Gasteiger partial charge in [-0.25, -0.2) is 0 Å². The number of halogens is 2. The molecule has 2 N–H and O–H groups in total. The van der Waals surface area contributed by atoms with E-state index in [0.29, 0.717) is 26.9 Å². The Hall–Kier alpha value is -1.91. The fraction of sp³-hybridized carbons (Fsp3) is 0.188. The number of methoxy groups -OCH3 is 1. The first-order valence-corrected chi connectivity index (χ1v) is 7.22. The summed E-state index contributed by atoms with van der Waals surface area (Å²) in [7, 11) is 1.43. The van der Waals surface area contributed by atoms with Crippen LogP contribution in [0.3, 0.4) is 0 Å². The van der Waals surface area contributed by atoms with E-state index in [1.807, 2.05) is 0 Å². The molecule has 0 bridgehead atoms. The van der Waals surface area contributed by atoms with Crippen LogP contribution < -0.4 is 4.74 Å². The van der Waals surface area contributed by atoms with Crippen LogP contribution in [-0.2, 0) is 11.2 Å². The molecular weight excluding hydrogens is 327 g/mol. The van der Waals surface area contributed by atoms with Crippen molar-refractivity contribution >= 4 is 29.2 Å². The molecule has 0 saturated heterocycles. The molecule has 4 nitrogen and oxygen atoms in total. The summed E-state index contributed by atoms with van der Waals surface area (Å²) in [5.41, 5.74) is 0.867. The van der Waals surface area contributed by atoms with Gasteiger partial charge in [0, 0.05) is 10.0 Å². The third-order valence-electron chi connectivity index (χ3n) is 3.36. The Morgan fingerprint density at radius 2 is 2.00 bits per heavy atom. The van der Waals surface area contributed by atoms with Crippen molar-refractivity contribution in [3.8, 4) is 11.5 Å². The molecule has 0 aromatic heterocycles. The fourth-order valence-corrected chi connectivity index (χ4v) is 2.66. The second kappa shape index (κ2) is 6.90. The molecule has 0 saturated carbocycles. The van der Waals surface area contributed by atoms with Crippen LogP contribution in [0.5, 0.6) is 11.5 Å². The Labute approximate surface area is 137 Å². The summed E-state index contributed by atoms with van der Waals surface area (Å²) >= 11 is 12.0. The van der Waals surface area contributed by atoms with Crippen molar-refractivity contribution in [2.75, 3.05) is 7.11 Å². The van der Waals surface area contributed by atoms with Gasteiger partial charge in [-0.05, 0) is 41.8 Å². The van der Waals surface area contributed by atoms with Gasteiger partial charge in [-0.1, -0.05) is 35.3 Å². The zero-order valence-corrected chi connectivity index (χ0v) is 13.2. The van der Waals surface area contributed by atoms with Crippen molar-refractivity contribution in [2.24, 2.45) is 0 Å². The summed E-state index contributed by atoms with van der Waals surface area (Å²) in [5.74, 6) is -1.76. The molecule has 0 spiro atoms. The maximum absolute atomic E-state index is 11.6. The van der Waals surface area contributed by atoms with E-state index >= 15 is 0 Å². The number of benzene rings is 2. The van der Waals surface area contributed by atoms with Crippen LogP contribution in [0.2, 0.25) is 10.0 Å². The van der Waals surface area contributed by atoms with Gasteiger partial charge in [0.1, 0.15) is 0 Å². The number of ether oxygens (including phenoxy) is 1. The van der Waals surface area contributed by atoms with E-state index in [4.69, 9.17) is 27.9 Å². The summed E-state index contributed by atoms with van der Waals surface area (Å²) < 4.78 is 5.03. The highest BCUT2D eigenvalue weighted by Gasteiger charge is 2.25. The Morgan fingerprint density at radius 3 is 2.64 bits per heavy atom. The van der Waals surface area contributed by atoms with E-state index in [-0.39, 0.29) is 12.2 Å². The van der Waals surface area contributed by atoms with Crippen molar-refractivity contribution in [2.45, 2.75) is 12.3 Å². The highest BCUT2D eigenvalue weighted by atomic mass is 35.5. The van der Waals surface area contributed by atoms with Crippen LogP contribution in [0.4, 0.5) is 0 Å². The number of hydrogen-bond acceptors (Lipinski definition) is 3. The molecule has 1 atom stereocenters. The van der Waals surface area contributed by atoms with Gasteiger partial charge in [-0.3, -0.25) is 4.79 Å². The minimum atomic E-state index is -1.05. The largest absolute Gasteiger partial charge is 0.504 e. The first kappa shape index (κ1) is 16.5. The maximum atomic E-state index is 11.6. The van der Waals surface area contributed by atoms with Gasteiger partial charge in [0.25, 0.3) is 0 Å². The molecule has 22 heavy (non-hydrogen) atoms. The smallest absolute Gasteiger partial charge is 0.311 e. The van der Waals surface area contributed by atoms with Crippen molar-refractivity contribution < 1.29 is 19.7 Å². The normalized spacial score (nSPS) is 12.0. The van der Waals surface area contributed by atoms with Crippen LogP contribution in [0, 0.1) is 0 Å². The molecular formula is C16H14Cl2O4. The average molecular weight is 341 g/mol. The van der Waals surface area contributed by atoms with E-state index in [9.17, 15) is 15.0 Å². The molecule has 6 heteroatoms. The quantitative estimate of drug-likeness (QED) is 0.859. The molecule has 0 heterocycles. The van der Waals surface area contributed by atoms with Crippen LogP contribution in [0.25, 0.3) is 0 Å². The lowest BCUT2D eigenvalue weighted by Gasteiger charge is -2.16. The molecule has 2 aromatic carbocycles. The van der Waals surface area contributed by atoms with Gasteiger partial charge in [0.2, 0.25) is 0 Å². The summed E-state index contributed by atoms with van der Waals surface area (Å²) in [6.07, 6.45) is 0.0679. The van der Waals surface area contributed by atoms with Crippen LogP contribution >= 0.6 is 23.2 Å². The molecule has 2 aromatic rings. The highest BCUT2D eigenvalue weighted by Crippen LogP contribution is 2.35. The van der Waals surface area contributed by atoms with Crippen molar-refractivity contribution in [3.63, 3.8) is 0 Å². The summed E-state index contributed by atoms with van der Waals surface area (Å²) in [6.45, 7) is 0. The predicted molar refractivity (Wildman–Crippen MR) is 85.2 cm³/mol. The van der Waals surface area contributed by atoms with Gasteiger partial charge < -0.3 is 14.9 Å². The number of para-hydroxylation sites is 1. The van der Waals surface area contributed by atoms with Gasteiger partial charge >= 0.3 is 5.97 Å². The molecule has 0 radical (unpaired) electrons. The molecule has 1 unspecified atom stereocenters. The Balaban J connectivity index is 2.42. The minimum absolute atomic E-state index is 0.0679. The average Bonchev–Trinajstić information content (AvgIpc) is 2.48. The minimum Gasteiger partial charge on any atom is -0.504 e. The van der Waals surface area contributed by atoms with E-state index in [1.165, 1.54) is 13.2 Å². The molecule has 0 aliphatic heterocycles. The van der Waals surface area contributed by atoms with Crippen LogP contribution in [0.1, 0.15) is 17.0 Å². The van der Waals surface area contributed by atoms with E-state index < -0.39 is 11.9 Å². The topological polar surface area (TPSA) is 66.8 Å². The number of hydrogen-bond donors (Lipinski definition) is 2.